The van der Waals surface area contributed by atoms with Crippen molar-refractivity contribution in [2.75, 3.05) is 6.61 Å². The molecule has 0 bridgehead atoms. The Hall–Kier alpha value is -1.85. The topological polar surface area (TPSA) is 44.3 Å². The lowest BCUT2D eigenvalue weighted by Gasteiger charge is -2.43. The lowest BCUT2D eigenvalue weighted by Crippen LogP contribution is -2.66. The highest BCUT2D eigenvalue weighted by molar-refractivity contribution is 9.10. The summed E-state index contributed by atoms with van der Waals surface area (Å²) in [5.74, 6) is 6.59. The van der Waals surface area contributed by atoms with Gasteiger partial charge in [0, 0.05) is 34.4 Å². The van der Waals surface area contributed by atoms with E-state index in [1.165, 1.54) is 10.4 Å². The Balaban J connectivity index is 1.93. The minimum absolute atomic E-state index is 0.102. The average Bonchev–Trinajstić information content (AvgIpc) is 2.84. The second-order valence-corrected chi connectivity index (χ2v) is 18.4. The zero-order valence-electron chi connectivity index (χ0n) is 22.7. The molecule has 0 radical (unpaired) electrons. The summed E-state index contributed by atoms with van der Waals surface area (Å²) >= 11 is 2.27. The molecule has 0 spiro atoms. The number of nitrogens with one attached hydrogen (secondary N) is 1. The summed E-state index contributed by atoms with van der Waals surface area (Å²) in [6, 6.07) is 28.9. The van der Waals surface area contributed by atoms with Crippen LogP contribution in [-0.2, 0) is 15.8 Å². The number of hydrogen-bond donors (Lipinski definition) is 1. The molecular formula is C31H38BrNO2SSi. The van der Waals surface area contributed by atoms with Crippen molar-refractivity contribution in [1.82, 2.24) is 4.72 Å². The molecule has 3 rings (SSSR count). The smallest absolute Gasteiger partial charge is 0.261 e. The molecule has 0 heterocycles. The molecule has 0 aliphatic carbocycles. The maximum Gasteiger partial charge on any atom is 0.261 e. The van der Waals surface area contributed by atoms with E-state index < -0.39 is 24.4 Å². The first kappa shape index (κ1) is 29.7. The van der Waals surface area contributed by atoms with E-state index in [2.05, 4.69) is 114 Å². The van der Waals surface area contributed by atoms with Gasteiger partial charge in [0.05, 0.1) is 0 Å². The average molecular weight is 597 g/mol. The Bertz CT molecular complexity index is 1160. The molecule has 0 fully saturated rings. The van der Waals surface area contributed by atoms with Crippen molar-refractivity contribution in [2.45, 2.75) is 63.8 Å². The van der Waals surface area contributed by atoms with Gasteiger partial charge in [-0.25, -0.2) is 0 Å². The van der Waals surface area contributed by atoms with Crippen LogP contribution in [-0.4, -0.2) is 30.3 Å². The molecule has 0 aliphatic heterocycles. The van der Waals surface area contributed by atoms with E-state index >= 15 is 0 Å². The molecular weight excluding hydrogens is 558 g/mol. The molecule has 1 N–H and O–H groups in total. The third-order valence-corrected chi connectivity index (χ3v) is 13.3. The molecule has 0 aliphatic rings. The highest BCUT2D eigenvalue weighted by atomic mass is 79.9. The number of halogens is 1. The summed E-state index contributed by atoms with van der Waals surface area (Å²) in [6.07, 6.45) is 0.618. The van der Waals surface area contributed by atoms with E-state index in [4.69, 9.17) is 4.43 Å². The molecule has 0 saturated carbocycles. The lowest BCUT2D eigenvalue weighted by molar-refractivity contribution is 0.285. The van der Waals surface area contributed by atoms with Crippen LogP contribution in [0.4, 0.5) is 0 Å². The van der Waals surface area contributed by atoms with Gasteiger partial charge in [-0.2, -0.15) is 0 Å². The fraction of sp³-hybridized carbons (Fsp3) is 0.355. The van der Waals surface area contributed by atoms with E-state index in [1.807, 2.05) is 45.0 Å². The minimum atomic E-state index is -2.65. The summed E-state index contributed by atoms with van der Waals surface area (Å²) in [5, 5.41) is 2.39. The fourth-order valence-electron chi connectivity index (χ4n) is 4.29. The molecule has 196 valence electrons. The first-order valence-corrected chi connectivity index (χ1v) is 16.5. The third-order valence-electron chi connectivity index (χ3n) is 6.16. The van der Waals surface area contributed by atoms with Gasteiger partial charge in [-0.05, 0) is 54.4 Å². The van der Waals surface area contributed by atoms with Crippen molar-refractivity contribution < 1.29 is 8.98 Å². The van der Waals surface area contributed by atoms with Crippen LogP contribution in [0.1, 0.15) is 53.5 Å². The molecule has 0 amide bonds. The van der Waals surface area contributed by atoms with Crippen molar-refractivity contribution in [1.29, 1.82) is 0 Å². The van der Waals surface area contributed by atoms with Gasteiger partial charge in [-0.3, -0.25) is 0 Å². The molecule has 3 nitrogen and oxygen atoms in total. The zero-order chi connectivity index (χ0) is 27.1. The van der Waals surface area contributed by atoms with Crippen molar-refractivity contribution in [2.24, 2.45) is 0 Å². The Morgan fingerprint density at radius 2 is 1.46 bits per heavy atom. The van der Waals surface area contributed by atoms with E-state index in [0.29, 0.717) is 13.0 Å². The van der Waals surface area contributed by atoms with Gasteiger partial charge in [0.25, 0.3) is 8.32 Å². The van der Waals surface area contributed by atoms with Crippen LogP contribution >= 0.6 is 15.9 Å². The normalized spacial score (nSPS) is 13.9. The fourth-order valence-corrected chi connectivity index (χ4v) is 10.1. The van der Waals surface area contributed by atoms with Crippen molar-refractivity contribution in [3.05, 3.63) is 95.0 Å². The van der Waals surface area contributed by atoms with Crippen molar-refractivity contribution in [3.63, 3.8) is 0 Å². The summed E-state index contributed by atoms with van der Waals surface area (Å²) < 4.78 is 23.9. The standard InChI is InChI=1S/C31H38BrNO2SSi/c1-30(2,3)36(34)33-27(21-20-25-14-13-15-26(32)24-25)22-23-35-37(31(4,5)6,28-16-9-7-10-17-28)29-18-11-8-12-19-29/h7-19,24,27,33H,22-23H2,1-6H3/t27-,36?/m1/s1. The lowest BCUT2D eigenvalue weighted by atomic mass is 10.2. The van der Waals surface area contributed by atoms with Crippen LogP contribution in [0, 0.1) is 11.8 Å². The predicted octanol–water partition coefficient (Wildman–Crippen LogP) is 6.19. The number of rotatable bonds is 8. The molecule has 6 heteroatoms. The van der Waals surface area contributed by atoms with Gasteiger partial charge in [0.2, 0.25) is 0 Å². The summed E-state index contributed by atoms with van der Waals surface area (Å²) in [5.41, 5.74) is 0.913. The first-order valence-electron chi connectivity index (χ1n) is 12.6. The van der Waals surface area contributed by atoms with Gasteiger partial charge >= 0.3 is 0 Å². The van der Waals surface area contributed by atoms with Gasteiger partial charge in [-0.1, -0.05) is 115 Å². The van der Waals surface area contributed by atoms with Crippen molar-refractivity contribution >= 4 is 46.0 Å². The Labute approximate surface area is 236 Å². The maximum atomic E-state index is 13.0. The monoisotopic (exact) mass is 595 g/mol. The van der Waals surface area contributed by atoms with Crippen LogP contribution < -0.4 is 15.1 Å². The molecule has 1 unspecified atom stereocenters. The largest absolute Gasteiger partial charge is 0.598 e. The number of benzene rings is 3. The van der Waals surface area contributed by atoms with Crippen LogP contribution in [0.5, 0.6) is 0 Å². The Morgan fingerprint density at radius 1 is 0.892 bits per heavy atom. The maximum absolute atomic E-state index is 13.0. The summed E-state index contributed by atoms with van der Waals surface area (Å²) in [4.78, 5) is 0. The van der Waals surface area contributed by atoms with Gasteiger partial charge in [0.15, 0.2) is 0 Å². The number of hydrogen-bond acceptors (Lipinski definition) is 3. The molecule has 3 aromatic rings. The van der Waals surface area contributed by atoms with Gasteiger partial charge < -0.3 is 8.98 Å². The summed E-state index contributed by atoms with van der Waals surface area (Å²) in [7, 11) is -2.65. The Kier molecular flexibility index (Phi) is 10.3. The second kappa shape index (κ2) is 12.8. The second-order valence-electron chi connectivity index (χ2n) is 11.1. The summed E-state index contributed by atoms with van der Waals surface area (Å²) in [6.45, 7) is 13.2. The molecule has 0 aromatic heterocycles. The molecule has 37 heavy (non-hydrogen) atoms. The minimum Gasteiger partial charge on any atom is -0.598 e. The van der Waals surface area contributed by atoms with E-state index in [1.54, 1.807) is 0 Å². The zero-order valence-corrected chi connectivity index (χ0v) is 26.1. The van der Waals surface area contributed by atoms with Crippen LogP contribution in [0.3, 0.4) is 0 Å². The third kappa shape index (κ3) is 7.83. The SMILES string of the molecule is CC(C)(C)[S+]([O-])N[C@H](C#Cc1cccc(Br)c1)CCO[Si](c1ccccc1)(c1ccccc1)C(C)(C)C. The van der Waals surface area contributed by atoms with Gasteiger partial charge in [-0.15, -0.1) is 4.72 Å². The van der Waals surface area contributed by atoms with Crippen LogP contribution in [0.2, 0.25) is 5.04 Å². The predicted molar refractivity (Wildman–Crippen MR) is 164 cm³/mol. The molecule has 2 atom stereocenters. The highest BCUT2D eigenvalue weighted by Gasteiger charge is 2.50. The first-order chi connectivity index (χ1) is 17.4. The van der Waals surface area contributed by atoms with E-state index in [9.17, 15) is 4.55 Å². The quantitative estimate of drug-likeness (QED) is 0.192. The van der Waals surface area contributed by atoms with Gasteiger partial charge in [0.1, 0.15) is 10.8 Å². The van der Waals surface area contributed by atoms with E-state index in [-0.39, 0.29) is 11.1 Å². The molecule has 0 saturated heterocycles. The van der Waals surface area contributed by atoms with Crippen LogP contribution in [0.25, 0.3) is 0 Å². The van der Waals surface area contributed by atoms with Crippen LogP contribution in [0.15, 0.2) is 89.4 Å². The Morgan fingerprint density at radius 3 is 1.95 bits per heavy atom. The van der Waals surface area contributed by atoms with Crippen molar-refractivity contribution in [3.8, 4) is 11.8 Å². The molecule has 3 aromatic carbocycles. The van der Waals surface area contributed by atoms with E-state index in [0.717, 1.165) is 10.0 Å². The highest BCUT2D eigenvalue weighted by Crippen LogP contribution is 2.36.